The van der Waals surface area contributed by atoms with E-state index in [4.69, 9.17) is 13.0 Å². The fraction of sp³-hybridized carbons (Fsp3) is 1.00. The van der Waals surface area contributed by atoms with Gasteiger partial charge in [-0.15, -0.1) is 0 Å². The Morgan fingerprint density at radius 3 is 1.58 bits per heavy atom. The number of thioether (sulfide) groups is 1. The normalized spacial score (nSPS) is 16.8. The third-order valence-electron chi connectivity index (χ3n) is 1.08. The van der Waals surface area contributed by atoms with Gasteiger partial charge in [-0.3, -0.25) is 4.55 Å². The summed E-state index contributed by atoms with van der Waals surface area (Å²) in [6, 6.07) is 0. The Morgan fingerprint density at radius 1 is 1.17 bits per heavy atom. The predicted octanol–water partition coefficient (Wildman–Crippen LogP) is -0.265. The molecule has 0 aromatic carbocycles. The predicted molar refractivity (Wildman–Crippen MR) is 55.5 cm³/mol. The summed E-state index contributed by atoms with van der Waals surface area (Å²) in [5.74, 6) is 2.83. The molecular weight excluding hydrogens is 226 g/mol. The molecule has 0 bridgehead atoms. The van der Waals surface area contributed by atoms with Crippen molar-refractivity contribution in [3.8, 4) is 0 Å². The van der Waals surface area contributed by atoms with Crippen LogP contribution in [-0.4, -0.2) is 62.2 Å². The van der Waals surface area contributed by atoms with E-state index in [1.54, 1.807) is 0 Å². The summed E-state index contributed by atoms with van der Waals surface area (Å²) in [5, 5.41) is 3.88. The fourth-order valence-corrected chi connectivity index (χ4v) is 1.71. The molecule has 12 heavy (non-hydrogen) atoms. The zero-order valence-corrected chi connectivity index (χ0v) is 7.83. The molecule has 1 aliphatic rings. The van der Waals surface area contributed by atoms with E-state index in [-0.39, 0.29) is 37.7 Å². The van der Waals surface area contributed by atoms with E-state index in [9.17, 15) is 0 Å². The Morgan fingerprint density at radius 2 is 1.50 bits per heavy atom. The number of hydrogen-bond donors (Lipinski definition) is 2. The van der Waals surface area contributed by atoms with Crippen molar-refractivity contribution in [1.82, 2.24) is 0 Å². The topological polar surface area (TPSA) is 80.4 Å². The Balaban J connectivity index is 0. The molecule has 0 atom stereocenters. The first-order valence-electron chi connectivity index (χ1n) is 3.33. The summed E-state index contributed by atoms with van der Waals surface area (Å²) in [5.41, 5.74) is 0. The first kappa shape index (κ1) is 15.9. The molecule has 3 N–H and O–H groups in total. The Kier molecular flexibility index (Phi) is 12.0. The van der Waals surface area contributed by atoms with Gasteiger partial charge in [0.15, 0.2) is 0 Å². The van der Waals surface area contributed by atoms with Crippen LogP contribution in [0.5, 0.6) is 0 Å². The quantitative estimate of drug-likeness (QED) is 0.452. The molecule has 1 saturated heterocycles. The summed E-state index contributed by atoms with van der Waals surface area (Å²) in [4.78, 5) is 0. The standard InChI is InChI=1S/C5H10S.Ca.H3NO3S.2H/c1-2-4-6-5-3-1;;1-5(2,3)4;;/h1-5H2;;(H3,1,2,3,4);;. The van der Waals surface area contributed by atoms with Crippen LogP contribution in [0, 0.1) is 0 Å². The average molecular weight is 241 g/mol. The second kappa shape index (κ2) is 9.05. The number of hydrogen-bond acceptors (Lipinski definition) is 3. The van der Waals surface area contributed by atoms with Crippen molar-refractivity contribution in [3.05, 3.63) is 0 Å². The van der Waals surface area contributed by atoms with E-state index in [1.807, 2.05) is 0 Å². The SMILES string of the molecule is C1CCSCC1.NS(=O)(=O)O.[CaH2]. The van der Waals surface area contributed by atoms with Crippen molar-refractivity contribution in [1.29, 1.82) is 0 Å². The van der Waals surface area contributed by atoms with Gasteiger partial charge in [-0.25, -0.2) is 5.14 Å². The van der Waals surface area contributed by atoms with Crippen molar-refractivity contribution in [2.75, 3.05) is 11.5 Å². The van der Waals surface area contributed by atoms with Crippen molar-refractivity contribution < 1.29 is 13.0 Å². The monoisotopic (exact) mass is 241 g/mol. The molecule has 0 spiro atoms. The molecule has 0 radical (unpaired) electrons. The van der Waals surface area contributed by atoms with Gasteiger partial charge in [-0.1, -0.05) is 6.42 Å². The van der Waals surface area contributed by atoms with Gasteiger partial charge in [-0.2, -0.15) is 20.2 Å². The van der Waals surface area contributed by atoms with Crippen molar-refractivity contribution >= 4 is 59.8 Å². The molecule has 0 aliphatic carbocycles. The molecule has 1 aliphatic heterocycles. The van der Waals surface area contributed by atoms with E-state index in [1.165, 1.54) is 30.8 Å². The van der Waals surface area contributed by atoms with Gasteiger partial charge in [-0.05, 0) is 24.3 Å². The summed E-state index contributed by atoms with van der Waals surface area (Å²) < 4.78 is 25.2. The minimum atomic E-state index is -4.17. The number of nitrogens with two attached hydrogens (primary N) is 1. The van der Waals surface area contributed by atoms with Crippen molar-refractivity contribution in [2.24, 2.45) is 5.14 Å². The molecule has 1 heterocycles. The first-order chi connectivity index (χ1) is 5.00. The van der Waals surface area contributed by atoms with Crippen LogP contribution in [0.25, 0.3) is 0 Å². The maximum atomic E-state index is 8.97. The maximum absolute atomic E-state index is 8.97. The van der Waals surface area contributed by atoms with E-state index < -0.39 is 10.3 Å². The van der Waals surface area contributed by atoms with Gasteiger partial charge in [0.2, 0.25) is 0 Å². The van der Waals surface area contributed by atoms with Gasteiger partial charge < -0.3 is 0 Å². The molecule has 0 aromatic rings. The molecular formula is C5H15CaNO3S2. The minimum absolute atomic E-state index is 0. The Labute approximate surface area is 108 Å². The van der Waals surface area contributed by atoms with Crippen LogP contribution in [-0.2, 0) is 10.3 Å². The van der Waals surface area contributed by atoms with E-state index in [0.717, 1.165) is 0 Å². The molecule has 4 nitrogen and oxygen atoms in total. The van der Waals surface area contributed by atoms with Crippen molar-refractivity contribution in [3.63, 3.8) is 0 Å². The van der Waals surface area contributed by atoms with E-state index in [0.29, 0.717) is 0 Å². The van der Waals surface area contributed by atoms with Crippen LogP contribution < -0.4 is 5.14 Å². The van der Waals surface area contributed by atoms with Crippen LogP contribution in [0.2, 0.25) is 0 Å². The third kappa shape index (κ3) is 22.5. The van der Waals surface area contributed by atoms with E-state index >= 15 is 0 Å². The molecule has 0 aromatic heterocycles. The van der Waals surface area contributed by atoms with Crippen LogP contribution in [0.15, 0.2) is 0 Å². The molecule has 0 saturated carbocycles. The molecule has 1 rings (SSSR count). The number of rotatable bonds is 0. The molecule has 0 unspecified atom stereocenters. The van der Waals surface area contributed by atoms with Gasteiger partial charge in [0.05, 0.1) is 0 Å². The zero-order chi connectivity index (χ0) is 8.74. The van der Waals surface area contributed by atoms with Gasteiger partial charge in [0, 0.05) is 0 Å². The van der Waals surface area contributed by atoms with Crippen LogP contribution >= 0.6 is 11.8 Å². The second-order valence-corrected chi connectivity index (χ2v) is 4.44. The molecule has 1 fully saturated rings. The third-order valence-corrected chi connectivity index (χ3v) is 2.23. The second-order valence-electron chi connectivity index (χ2n) is 2.19. The van der Waals surface area contributed by atoms with Gasteiger partial charge in [0.25, 0.3) is 0 Å². The average Bonchev–Trinajstić information content (AvgIpc) is 1.88. The van der Waals surface area contributed by atoms with Gasteiger partial charge >= 0.3 is 48.0 Å². The fourth-order valence-electron chi connectivity index (χ4n) is 0.687. The molecule has 72 valence electrons. The molecule has 7 heteroatoms. The summed E-state index contributed by atoms with van der Waals surface area (Å²) in [7, 11) is -4.17. The summed E-state index contributed by atoms with van der Waals surface area (Å²) in [6.07, 6.45) is 4.41. The van der Waals surface area contributed by atoms with Crippen molar-refractivity contribution in [2.45, 2.75) is 19.3 Å². The Hall–Kier alpha value is 1.48. The molecule has 0 amide bonds. The summed E-state index contributed by atoms with van der Waals surface area (Å²) >= 11 is 2.09. The van der Waals surface area contributed by atoms with Crippen LogP contribution in [0.1, 0.15) is 19.3 Å². The zero-order valence-electron chi connectivity index (χ0n) is 6.19. The van der Waals surface area contributed by atoms with Crippen LogP contribution in [0.3, 0.4) is 0 Å². The summed E-state index contributed by atoms with van der Waals surface area (Å²) in [6.45, 7) is 0. The van der Waals surface area contributed by atoms with E-state index in [2.05, 4.69) is 16.9 Å². The Bertz CT molecular complexity index is 160. The van der Waals surface area contributed by atoms with Gasteiger partial charge in [0.1, 0.15) is 0 Å². The first-order valence-corrected chi connectivity index (χ1v) is 5.99. The van der Waals surface area contributed by atoms with Crippen LogP contribution in [0.4, 0.5) is 0 Å².